The molecule has 0 saturated heterocycles. The van der Waals surface area contributed by atoms with Gasteiger partial charge >= 0.3 is 0 Å². The van der Waals surface area contributed by atoms with Crippen LogP contribution in [0.15, 0.2) is 35.2 Å². The van der Waals surface area contributed by atoms with Crippen LogP contribution in [-0.4, -0.2) is 11.5 Å². The summed E-state index contributed by atoms with van der Waals surface area (Å²) in [6.07, 6.45) is 0.907. The minimum Gasteiger partial charge on any atom is -0.311 e. The van der Waals surface area contributed by atoms with Gasteiger partial charge in [-0.2, -0.15) is 0 Å². The smallest absolute Gasteiger partial charge is 0.123 e. The SMILES string of the molecule is Fc1ccc(CCNCc2cscn2)cc1. The highest BCUT2D eigenvalue weighted by Crippen LogP contribution is 2.03. The molecule has 0 aliphatic rings. The highest BCUT2D eigenvalue weighted by atomic mass is 32.1. The molecule has 16 heavy (non-hydrogen) atoms. The van der Waals surface area contributed by atoms with E-state index in [1.54, 1.807) is 11.3 Å². The Balaban J connectivity index is 1.70. The number of hydrogen-bond donors (Lipinski definition) is 1. The van der Waals surface area contributed by atoms with Crippen LogP contribution in [0.3, 0.4) is 0 Å². The Morgan fingerprint density at radius 2 is 2.06 bits per heavy atom. The lowest BCUT2D eigenvalue weighted by Crippen LogP contribution is -2.16. The molecular formula is C12H13FN2S. The van der Waals surface area contributed by atoms with E-state index in [1.165, 1.54) is 12.1 Å². The van der Waals surface area contributed by atoms with Gasteiger partial charge in [0.2, 0.25) is 0 Å². The third kappa shape index (κ3) is 3.40. The molecule has 0 unspecified atom stereocenters. The second kappa shape index (κ2) is 5.72. The fourth-order valence-electron chi connectivity index (χ4n) is 1.43. The Bertz CT molecular complexity index is 411. The Morgan fingerprint density at radius 1 is 1.25 bits per heavy atom. The summed E-state index contributed by atoms with van der Waals surface area (Å²) in [6.45, 7) is 1.67. The van der Waals surface area contributed by atoms with Crippen molar-refractivity contribution in [1.29, 1.82) is 0 Å². The van der Waals surface area contributed by atoms with E-state index in [0.29, 0.717) is 0 Å². The molecule has 0 saturated carbocycles. The standard InChI is InChI=1S/C12H13FN2S/c13-11-3-1-10(2-4-11)5-6-14-7-12-8-16-9-15-12/h1-4,8-9,14H,5-7H2. The molecule has 2 nitrogen and oxygen atoms in total. The fraction of sp³-hybridized carbons (Fsp3) is 0.250. The lowest BCUT2D eigenvalue weighted by atomic mass is 10.1. The molecule has 1 aromatic heterocycles. The van der Waals surface area contributed by atoms with E-state index in [0.717, 1.165) is 30.8 Å². The maximum atomic E-state index is 12.6. The van der Waals surface area contributed by atoms with Crippen molar-refractivity contribution in [2.75, 3.05) is 6.54 Å². The average molecular weight is 236 g/mol. The first-order chi connectivity index (χ1) is 7.84. The van der Waals surface area contributed by atoms with Gasteiger partial charge in [0.15, 0.2) is 0 Å². The molecule has 84 valence electrons. The van der Waals surface area contributed by atoms with Crippen molar-refractivity contribution in [3.05, 3.63) is 52.2 Å². The minimum atomic E-state index is -0.181. The first kappa shape index (κ1) is 11.2. The molecule has 0 fully saturated rings. The first-order valence-corrected chi connectivity index (χ1v) is 6.11. The lowest BCUT2D eigenvalue weighted by molar-refractivity contribution is 0.625. The molecule has 0 amide bonds. The largest absolute Gasteiger partial charge is 0.311 e. The van der Waals surface area contributed by atoms with Crippen molar-refractivity contribution < 1.29 is 4.39 Å². The minimum absolute atomic E-state index is 0.181. The zero-order chi connectivity index (χ0) is 11.2. The summed E-state index contributed by atoms with van der Waals surface area (Å²) in [5, 5.41) is 5.33. The van der Waals surface area contributed by atoms with Crippen LogP contribution in [0, 0.1) is 5.82 Å². The van der Waals surface area contributed by atoms with Crippen molar-refractivity contribution >= 4 is 11.3 Å². The lowest BCUT2D eigenvalue weighted by Gasteiger charge is -2.03. The highest BCUT2D eigenvalue weighted by Gasteiger charge is 1.96. The van der Waals surface area contributed by atoms with Gasteiger partial charge in [0.05, 0.1) is 11.2 Å². The number of benzene rings is 1. The van der Waals surface area contributed by atoms with Gasteiger partial charge in [0, 0.05) is 11.9 Å². The predicted octanol–water partition coefficient (Wildman–Crippen LogP) is 2.61. The number of hydrogen-bond acceptors (Lipinski definition) is 3. The van der Waals surface area contributed by atoms with Crippen LogP contribution < -0.4 is 5.32 Å². The van der Waals surface area contributed by atoms with Gasteiger partial charge in [0.1, 0.15) is 5.82 Å². The Hall–Kier alpha value is -1.26. The van der Waals surface area contributed by atoms with Crippen molar-refractivity contribution in [1.82, 2.24) is 10.3 Å². The topological polar surface area (TPSA) is 24.9 Å². The normalized spacial score (nSPS) is 10.6. The van der Waals surface area contributed by atoms with Gasteiger partial charge in [-0.3, -0.25) is 0 Å². The second-order valence-electron chi connectivity index (χ2n) is 3.53. The van der Waals surface area contributed by atoms with Gasteiger partial charge in [-0.15, -0.1) is 11.3 Å². The molecule has 0 aliphatic heterocycles. The van der Waals surface area contributed by atoms with Gasteiger partial charge in [-0.05, 0) is 30.7 Å². The molecule has 1 N–H and O–H groups in total. The molecule has 2 rings (SSSR count). The van der Waals surface area contributed by atoms with Crippen LogP contribution in [-0.2, 0) is 13.0 Å². The fourth-order valence-corrected chi connectivity index (χ4v) is 1.98. The third-order valence-corrected chi connectivity index (χ3v) is 2.93. The van der Waals surface area contributed by atoms with Crippen molar-refractivity contribution in [3.63, 3.8) is 0 Å². The van der Waals surface area contributed by atoms with Crippen LogP contribution in [0.4, 0.5) is 4.39 Å². The van der Waals surface area contributed by atoms with Crippen LogP contribution in [0.1, 0.15) is 11.3 Å². The van der Waals surface area contributed by atoms with Crippen LogP contribution in [0.2, 0.25) is 0 Å². The summed E-state index contributed by atoms with van der Waals surface area (Å²) in [5.41, 5.74) is 4.05. The van der Waals surface area contributed by atoms with E-state index in [2.05, 4.69) is 10.3 Å². The van der Waals surface area contributed by atoms with E-state index in [1.807, 2.05) is 23.0 Å². The number of nitrogens with zero attached hydrogens (tertiary/aromatic N) is 1. The van der Waals surface area contributed by atoms with E-state index >= 15 is 0 Å². The Labute approximate surface area is 98.2 Å². The van der Waals surface area contributed by atoms with Crippen LogP contribution in [0.25, 0.3) is 0 Å². The van der Waals surface area contributed by atoms with Crippen molar-refractivity contribution in [2.24, 2.45) is 0 Å². The van der Waals surface area contributed by atoms with Gasteiger partial charge in [0.25, 0.3) is 0 Å². The van der Waals surface area contributed by atoms with E-state index in [9.17, 15) is 4.39 Å². The van der Waals surface area contributed by atoms with Crippen LogP contribution >= 0.6 is 11.3 Å². The monoisotopic (exact) mass is 236 g/mol. The average Bonchev–Trinajstić information content (AvgIpc) is 2.80. The van der Waals surface area contributed by atoms with Crippen molar-refractivity contribution in [2.45, 2.75) is 13.0 Å². The first-order valence-electron chi connectivity index (χ1n) is 5.17. The van der Waals surface area contributed by atoms with Crippen molar-refractivity contribution in [3.8, 4) is 0 Å². The molecule has 1 heterocycles. The van der Waals surface area contributed by atoms with Gasteiger partial charge in [-0.25, -0.2) is 9.37 Å². The maximum absolute atomic E-state index is 12.6. The molecule has 1 aromatic carbocycles. The summed E-state index contributed by atoms with van der Waals surface area (Å²) in [4.78, 5) is 4.18. The summed E-state index contributed by atoms with van der Waals surface area (Å²) >= 11 is 1.60. The molecule has 0 bridgehead atoms. The summed E-state index contributed by atoms with van der Waals surface area (Å²) < 4.78 is 12.6. The second-order valence-corrected chi connectivity index (χ2v) is 4.25. The summed E-state index contributed by atoms with van der Waals surface area (Å²) in [5.74, 6) is -0.181. The molecule has 2 aromatic rings. The van der Waals surface area contributed by atoms with E-state index < -0.39 is 0 Å². The molecular weight excluding hydrogens is 223 g/mol. The van der Waals surface area contributed by atoms with Gasteiger partial charge < -0.3 is 5.32 Å². The molecule has 4 heteroatoms. The zero-order valence-electron chi connectivity index (χ0n) is 8.82. The molecule has 0 aliphatic carbocycles. The molecule has 0 atom stereocenters. The van der Waals surface area contributed by atoms with E-state index in [4.69, 9.17) is 0 Å². The number of halogens is 1. The predicted molar refractivity (Wildman–Crippen MR) is 63.9 cm³/mol. The Morgan fingerprint density at radius 3 is 2.75 bits per heavy atom. The number of aromatic nitrogens is 1. The van der Waals surface area contributed by atoms with Crippen LogP contribution in [0.5, 0.6) is 0 Å². The number of thiazole rings is 1. The van der Waals surface area contributed by atoms with Gasteiger partial charge in [-0.1, -0.05) is 12.1 Å². The highest BCUT2D eigenvalue weighted by molar-refractivity contribution is 7.07. The third-order valence-electron chi connectivity index (χ3n) is 2.29. The Kier molecular flexibility index (Phi) is 4.02. The maximum Gasteiger partial charge on any atom is 0.123 e. The number of nitrogens with one attached hydrogen (secondary N) is 1. The molecule has 0 radical (unpaired) electrons. The molecule has 0 spiro atoms. The quantitative estimate of drug-likeness (QED) is 0.807. The van der Waals surface area contributed by atoms with E-state index in [-0.39, 0.29) is 5.82 Å². The zero-order valence-corrected chi connectivity index (χ0v) is 9.64. The number of rotatable bonds is 5. The summed E-state index contributed by atoms with van der Waals surface area (Å²) in [7, 11) is 0. The summed E-state index contributed by atoms with van der Waals surface area (Å²) in [6, 6.07) is 6.63.